The average Bonchev–Trinajstić information content (AvgIpc) is 3.27. The highest BCUT2D eigenvalue weighted by atomic mass is 16.6. The van der Waals surface area contributed by atoms with Gasteiger partial charge >= 0.3 is 11.9 Å². The molecule has 0 amide bonds. The van der Waals surface area contributed by atoms with E-state index < -0.39 is 17.9 Å². The Morgan fingerprint density at radius 3 is 0.903 bits per heavy atom. The Morgan fingerprint density at radius 1 is 0.323 bits per heavy atom. The van der Waals surface area contributed by atoms with E-state index in [0.29, 0.717) is 12.8 Å². The van der Waals surface area contributed by atoms with E-state index in [0.717, 1.165) is 70.6 Å². The predicted octanol–water partition coefficient (Wildman–Crippen LogP) is 19.7. The van der Waals surface area contributed by atoms with E-state index in [2.05, 4.69) is 45.1 Å². The van der Waals surface area contributed by atoms with Crippen molar-refractivity contribution in [1.82, 2.24) is 0 Å². The van der Waals surface area contributed by atoms with Gasteiger partial charge in [-0.25, -0.2) is 0 Å². The molecule has 0 rings (SSSR count). The molecule has 0 radical (unpaired) electrons. The number of ether oxygens (including phenoxy) is 1. The topological polar surface area (TPSA) is 60.4 Å². The van der Waals surface area contributed by atoms with Crippen LogP contribution in [0.15, 0.2) is 24.3 Å². The third-order valence-electron chi connectivity index (χ3n) is 13.1. The number of hydrogen-bond donors (Lipinski definition) is 0. The molecular formula is C58H108O4. The fourth-order valence-electron chi connectivity index (χ4n) is 8.78. The van der Waals surface area contributed by atoms with Gasteiger partial charge in [-0.2, -0.15) is 0 Å². The van der Waals surface area contributed by atoms with Gasteiger partial charge in [0, 0.05) is 12.8 Å². The minimum absolute atomic E-state index is 0.0200. The van der Waals surface area contributed by atoms with Crippen LogP contribution in [-0.4, -0.2) is 17.7 Å². The van der Waals surface area contributed by atoms with Crippen molar-refractivity contribution in [1.29, 1.82) is 0 Å². The lowest BCUT2D eigenvalue weighted by atomic mass is 9.92. The molecule has 0 aromatic heterocycles. The Balaban J connectivity index is 4.38. The van der Waals surface area contributed by atoms with E-state index in [-0.39, 0.29) is 12.2 Å². The van der Waals surface area contributed by atoms with E-state index in [1.165, 1.54) is 212 Å². The zero-order valence-electron chi connectivity index (χ0n) is 42.3. The first-order valence-electron chi connectivity index (χ1n) is 28.1. The number of allylic oxidation sites excluding steroid dienone is 4. The molecule has 0 aromatic rings. The first-order valence-corrected chi connectivity index (χ1v) is 28.1. The maximum atomic E-state index is 13.4. The van der Waals surface area contributed by atoms with Gasteiger partial charge in [0.1, 0.15) is 11.7 Å². The summed E-state index contributed by atoms with van der Waals surface area (Å²) in [6.45, 7) is 6.82. The van der Waals surface area contributed by atoms with Crippen LogP contribution in [0.25, 0.3) is 0 Å². The largest absolute Gasteiger partial charge is 0.393 e. The van der Waals surface area contributed by atoms with Gasteiger partial charge in [-0.15, -0.1) is 0 Å². The minimum atomic E-state index is -0.786. The molecule has 0 saturated heterocycles. The lowest BCUT2D eigenvalue weighted by Crippen LogP contribution is -2.28. The zero-order valence-corrected chi connectivity index (χ0v) is 42.3. The molecule has 0 aromatic carbocycles. The number of hydrogen-bond acceptors (Lipinski definition) is 4. The summed E-state index contributed by atoms with van der Waals surface area (Å²) in [5.74, 6) is -1.85. The fraction of sp³-hybridized carbons (Fsp3) is 0.879. The maximum absolute atomic E-state index is 13.4. The Hall–Kier alpha value is -1.71. The van der Waals surface area contributed by atoms with Crippen molar-refractivity contribution in [3.8, 4) is 0 Å². The molecule has 0 aliphatic rings. The van der Waals surface area contributed by atoms with E-state index in [4.69, 9.17) is 4.74 Å². The van der Waals surface area contributed by atoms with Gasteiger partial charge in [-0.3, -0.25) is 14.4 Å². The summed E-state index contributed by atoms with van der Waals surface area (Å²) in [5.41, 5.74) is 0. The van der Waals surface area contributed by atoms with Crippen molar-refractivity contribution in [2.45, 2.75) is 323 Å². The molecule has 0 N–H and O–H groups in total. The molecule has 1 atom stereocenters. The average molecular weight is 869 g/mol. The molecular weight excluding hydrogens is 761 g/mol. The van der Waals surface area contributed by atoms with Crippen LogP contribution < -0.4 is 0 Å². The molecule has 4 nitrogen and oxygen atoms in total. The van der Waals surface area contributed by atoms with Crippen LogP contribution in [0.2, 0.25) is 0 Å². The Kier molecular flexibility index (Phi) is 50.5. The smallest absolute Gasteiger partial charge is 0.324 e. The summed E-state index contributed by atoms with van der Waals surface area (Å²) in [6.07, 6.45) is 65.7. The number of Topliss-reactive ketones (excluding diaryl/α,β-unsaturated/α-hetero) is 1. The number of ketones is 1. The van der Waals surface area contributed by atoms with E-state index in [1.54, 1.807) is 0 Å². The molecule has 0 aliphatic carbocycles. The van der Waals surface area contributed by atoms with E-state index in [1.807, 2.05) is 0 Å². The Morgan fingerprint density at radius 2 is 0.581 bits per heavy atom. The van der Waals surface area contributed by atoms with Crippen molar-refractivity contribution < 1.29 is 19.1 Å². The third-order valence-corrected chi connectivity index (χ3v) is 13.1. The number of unbranched alkanes of at least 4 members (excludes halogenated alkanes) is 39. The Bertz CT molecular complexity index is 997. The van der Waals surface area contributed by atoms with Crippen LogP contribution in [0.3, 0.4) is 0 Å². The monoisotopic (exact) mass is 869 g/mol. The zero-order chi connectivity index (χ0) is 45.1. The van der Waals surface area contributed by atoms with Crippen LogP contribution in [-0.2, 0) is 19.1 Å². The third kappa shape index (κ3) is 46.3. The molecule has 0 bridgehead atoms. The van der Waals surface area contributed by atoms with Crippen LogP contribution in [0.1, 0.15) is 323 Å². The van der Waals surface area contributed by atoms with E-state index in [9.17, 15) is 14.4 Å². The van der Waals surface area contributed by atoms with Crippen molar-refractivity contribution in [3.05, 3.63) is 24.3 Å². The molecule has 0 heterocycles. The Labute approximate surface area is 388 Å². The lowest BCUT2D eigenvalue weighted by molar-refractivity contribution is -0.164. The van der Waals surface area contributed by atoms with Gasteiger partial charge in [0.2, 0.25) is 0 Å². The van der Waals surface area contributed by atoms with Crippen molar-refractivity contribution >= 4 is 17.7 Å². The summed E-state index contributed by atoms with van der Waals surface area (Å²) < 4.78 is 5.35. The summed E-state index contributed by atoms with van der Waals surface area (Å²) in [6, 6.07) is 0. The summed E-state index contributed by atoms with van der Waals surface area (Å²) in [7, 11) is 0. The maximum Gasteiger partial charge on any atom is 0.324 e. The van der Waals surface area contributed by atoms with Crippen LogP contribution in [0.4, 0.5) is 0 Å². The van der Waals surface area contributed by atoms with Crippen molar-refractivity contribution in [2.75, 3.05) is 0 Å². The summed E-state index contributed by atoms with van der Waals surface area (Å²) in [4.78, 5) is 39.3. The van der Waals surface area contributed by atoms with Gasteiger partial charge in [-0.1, -0.05) is 263 Å². The second-order valence-electron chi connectivity index (χ2n) is 19.3. The second-order valence-corrected chi connectivity index (χ2v) is 19.3. The number of rotatable bonds is 51. The highest BCUT2D eigenvalue weighted by Gasteiger charge is 2.28. The quantitative estimate of drug-likeness (QED) is 0.0264. The van der Waals surface area contributed by atoms with Crippen molar-refractivity contribution in [2.24, 2.45) is 5.92 Å². The minimum Gasteiger partial charge on any atom is -0.393 e. The predicted molar refractivity (Wildman–Crippen MR) is 272 cm³/mol. The second kappa shape index (κ2) is 51.9. The normalized spacial score (nSPS) is 12.2. The van der Waals surface area contributed by atoms with E-state index >= 15 is 0 Å². The lowest BCUT2D eigenvalue weighted by Gasteiger charge is -2.14. The van der Waals surface area contributed by atoms with Gasteiger partial charge < -0.3 is 4.74 Å². The molecule has 0 fully saturated rings. The van der Waals surface area contributed by atoms with Gasteiger partial charge in [0.15, 0.2) is 0 Å². The van der Waals surface area contributed by atoms with Crippen LogP contribution in [0, 0.1) is 5.92 Å². The SMILES string of the molecule is CCCCCCCC/C=C\CCCCCCCC(=O)OC(=O)C(CCCCCCCCCCCCCCCCCCCC)C(=O)CCCCCCC/C=C\CCCCCCCC. The standard InChI is InChI=1S/C58H108O4/c1-4-7-10-13-16-19-22-25-28-29-30-33-34-37-40-43-46-49-52-55(56(59)53-50-47-44-41-38-35-31-26-23-20-17-14-11-8-5-2)58(61)62-57(60)54-51-48-45-42-39-36-32-27-24-21-18-15-12-9-6-3/h26-27,31-32,55H,4-25,28-30,33-54H2,1-3H3/b31-26-,32-27-. The van der Waals surface area contributed by atoms with Crippen molar-refractivity contribution in [3.63, 3.8) is 0 Å². The summed E-state index contributed by atoms with van der Waals surface area (Å²) >= 11 is 0. The van der Waals surface area contributed by atoms with Crippen LogP contribution in [0.5, 0.6) is 0 Å². The highest BCUT2D eigenvalue weighted by Crippen LogP contribution is 2.21. The number of carbonyl (C=O) groups excluding carboxylic acids is 3. The molecule has 0 aliphatic heterocycles. The molecule has 0 spiro atoms. The van der Waals surface area contributed by atoms with Gasteiger partial charge in [0.25, 0.3) is 0 Å². The van der Waals surface area contributed by atoms with Gasteiger partial charge in [0.05, 0.1) is 0 Å². The first kappa shape index (κ1) is 60.3. The highest BCUT2D eigenvalue weighted by molar-refractivity contribution is 6.02. The molecule has 4 heteroatoms. The number of esters is 2. The van der Waals surface area contributed by atoms with Crippen LogP contribution >= 0.6 is 0 Å². The number of carbonyl (C=O) groups is 3. The fourth-order valence-corrected chi connectivity index (χ4v) is 8.78. The molecule has 62 heavy (non-hydrogen) atoms. The molecule has 1 unspecified atom stereocenters. The molecule has 364 valence electrons. The van der Waals surface area contributed by atoms with Gasteiger partial charge in [-0.05, 0) is 70.6 Å². The first-order chi connectivity index (χ1) is 30.6. The summed E-state index contributed by atoms with van der Waals surface area (Å²) in [5, 5.41) is 0. The molecule has 0 saturated carbocycles.